The summed E-state index contributed by atoms with van der Waals surface area (Å²) in [6, 6.07) is 0. The lowest BCUT2D eigenvalue weighted by Crippen LogP contribution is -2.29. The summed E-state index contributed by atoms with van der Waals surface area (Å²) in [6.07, 6.45) is 29.5. The van der Waals surface area contributed by atoms with Gasteiger partial charge in [0, 0.05) is 19.4 Å². The van der Waals surface area contributed by atoms with Gasteiger partial charge in [0.1, 0.15) is 6.61 Å². The van der Waals surface area contributed by atoms with Crippen LogP contribution in [0.4, 0.5) is 0 Å². The highest BCUT2D eigenvalue weighted by molar-refractivity contribution is 7.47. The first-order valence-corrected chi connectivity index (χ1v) is 19.7. The van der Waals surface area contributed by atoms with Gasteiger partial charge in [-0.1, -0.05) is 129 Å². The van der Waals surface area contributed by atoms with E-state index in [9.17, 15) is 19.0 Å². The predicted octanol–water partition coefficient (Wildman–Crippen LogP) is 9.49. The van der Waals surface area contributed by atoms with E-state index in [2.05, 4.69) is 26.0 Å². The van der Waals surface area contributed by atoms with Gasteiger partial charge in [0.25, 0.3) is 0 Å². The van der Waals surface area contributed by atoms with Crippen LogP contribution in [0.5, 0.6) is 0 Å². The Hall–Kier alpha value is -1.25. The average molecular weight is 662 g/mol. The molecule has 3 N–H and O–H groups in total. The number of ether oxygens (including phenoxy) is 2. The number of carbonyl (C=O) groups excluding carboxylic acids is 2. The lowest BCUT2D eigenvalue weighted by atomic mass is 10.0. The van der Waals surface area contributed by atoms with Gasteiger partial charge >= 0.3 is 19.8 Å². The van der Waals surface area contributed by atoms with Gasteiger partial charge in [-0.15, -0.1) is 0 Å². The van der Waals surface area contributed by atoms with Crippen LogP contribution in [0.25, 0.3) is 0 Å². The Morgan fingerprint density at radius 3 is 1.62 bits per heavy atom. The Kier molecular flexibility index (Phi) is 31.8. The highest BCUT2D eigenvalue weighted by Gasteiger charge is 2.25. The molecule has 0 saturated heterocycles. The molecule has 0 bridgehead atoms. The number of hydrogen-bond donors (Lipinski definition) is 2. The number of hydrogen-bond acceptors (Lipinski definition) is 8. The van der Waals surface area contributed by atoms with Gasteiger partial charge in [-0.05, 0) is 38.5 Å². The van der Waals surface area contributed by atoms with Crippen LogP contribution in [0.3, 0.4) is 0 Å². The normalized spacial score (nSPS) is 13.6. The molecule has 10 heteroatoms. The van der Waals surface area contributed by atoms with Gasteiger partial charge in [-0.25, -0.2) is 4.57 Å². The number of phosphoric ester groups is 1. The zero-order valence-electron chi connectivity index (χ0n) is 28.9. The molecule has 0 saturated carbocycles. The Morgan fingerprint density at radius 1 is 0.644 bits per heavy atom. The van der Waals surface area contributed by atoms with Crippen molar-refractivity contribution in [3.8, 4) is 0 Å². The second kappa shape index (κ2) is 32.7. The Bertz CT molecular complexity index is 764. The van der Waals surface area contributed by atoms with Gasteiger partial charge in [-0.3, -0.25) is 18.6 Å². The Labute approximate surface area is 275 Å². The van der Waals surface area contributed by atoms with Crippen molar-refractivity contribution < 1.29 is 37.6 Å². The molecule has 9 nitrogen and oxygen atoms in total. The zero-order chi connectivity index (χ0) is 33.3. The smallest absolute Gasteiger partial charge is 0.462 e. The third-order valence-electron chi connectivity index (χ3n) is 7.65. The fraction of sp³-hybridized carbons (Fsp3) is 0.886. The summed E-state index contributed by atoms with van der Waals surface area (Å²) in [4.78, 5) is 34.6. The molecule has 0 aliphatic heterocycles. The second-order valence-electron chi connectivity index (χ2n) is 12.1. The van der Waals surface area contributed by atoms with Crippen molar-refractivity contribution in [1.29, 1.82) is 0 Å². The van der Waals surface area contributed by atoms with Gasteiger partial charge in [0.15, 0.2) is 6.10 Å². The predicted molar refractivity (Wildman–Crippen MR) is 183 cm³/mol. The molecule has 0 aliphatic rings. The van der Waals surface area contributed by atoms with Crippen molar-refractivity contribution in [3.05, 3.63) is 12.2 Å². The van der Waals surface area contributed by atoms with Crippen LogP contribution in [-0.2, 0) is 32.7 Å². The van der Waals surface area contributed by atoms with Crippen LogP contribution in [-0.4, -0.2) is 49.3 Å². The minimum absolute atomic E-state index is 0.0544. The second-order valence-corrected chi connectivity index (χ2v) is 13.5. The molecule has 0 aromatic heterocycles. The maximum Gasteiger partial charge on any atom is 0.472 e. The van der Waals surface area contributed by atoms with Crippen LogP contribution in [0.2, 0.25) is 0 Å². The molecule has 0 aliphatic carbocycles. The van der Waals surface area contributed by atoms with Gasteiger partial charge < -0.3 is 20.1 Å². The summed E-state index contributed by atoms with van der Waals surface area (Å²) in [5, 5.41) is 0. The number of nitrogens with two attached hydrogens (primary N) is 1. The summed E-state index contributed by atoms with van der Waals surface area (Å²) in [5.74, 6) is -0.836. The van der Waals surface area contributed by atoms with Crippen LogP contribution in [0, 0.1) is 0 Å². The first-order chi connectivity index (χ1) is 21.8. The van der Waals surface area contributed by atoms with E-state index >= 15 is 0 Å². The van der Waals surface area contributed by atoms with E-state index in [-0.39, 0.29) is 38.6 Å². The molecule has 0 aromatic carbocycles. The molecular formula is C35H68NO8P. The molecular weight excluding hydrogens is 593 g/mol. The number of esters is 2. The first kappa shape index (κ1) is 43.8. The lowest BCUT2D eigenvalue weighted by molar-refractivity contribution is -0.161. The largest absolute Gasteiger partial charge is 0.472 e. The summed E-state index contributed by atoms with van der Waals surface area (Å²) < 4.78 is 32.6. The van der Waals surface area contributed by atoms with Crippen molar-refractivity contribution in [2.75, 3.05) is 26.4 Å². The number of phosphoric acid groups is 1. The van der Waals surface area contributed by atoms with Gasteiger partial charge in [-0.2, -0.15) is 0 Å². The summed E-state index contributed by atoms with van der Waals surface area (Å²) in [5.41, 5.74) is 5.32. The van der Waals surface area contributed by atoms with E-state index in [4.69, 9.17) is 24.3 Å². The van der Waals surface area contributed by atoms with Crippen molar-refractivity contribution in [2.24, 2.45) is 5.73 Å². The number of unbranched alkanes of at least 4 members (excludes halogenated alkanes) is 19. The van der Waals surface area contributed by atoms with Crippen molar-refractivity contribution >= 4 is 19.8 Å². The third-order valence-corrected chi connectivity index (χ3v) is 8.64. The third kappa shape index (κ3) is 32.5. The maximum atomic E-state index is 12.5. The molecule has 0 spiro atoms. The molecule has 45 heavy (non-hydrogen) atoms. The minimum atomic E-state index is -4.36. The van der Waals surface area contributed by atoms with E-state index in [1.807, 2.05) is 0 Å². The quantitative estimate of drug-likeness (QED) is 0.0299. The van der Waals surface area contributed by atoms with Crippen molar-refractivity contribution in [1.82, 2.24) is 0 Å². The monoisotopic (exact) mass is 661 g/mol. The van der Waals surface area contributed by atoms with Crippen LogP contribution >= 0.6 is 7.82 Å². The van der Waals surface area contributed by atoms with Gasteiger partial charge in [0.05, 0.1) is 13.2 Å². The summed E-state index contributed by atoms with van der Waals surface area (Å²) in [7, 11) is -4.36. The van der Waals surface area contributed by atoms with Crippen molar-refractivity contribution in [2.45, 2.75) is 174 Å². The fourth-order valence-electron chi connectivity index (χ4n) is 4.92. The molecule has 2 atom stereocenters. The number of carbonyl (C=O) groups is 2. The van der Waals surface area contributed by atoms with E-state index in [1.54, 1.807) is 0 Å². The summed E-state index contributed by atoms with van der Waals surface area (Å²) >= 11 is 0. The van der Waals surface area contributed by atoms with E-state index in [0.29, 0.717) is 6.42 Å². The van der Waals surface area contributed by atoms with Gasteiger partial charge in [0.2, 0.25) is 0 Å². The molecule has 0 radical (unpaired) electrons. The highest BCUT2D eigenvalue weighted by atomic mass is 31.2. The molecule has 1 unspecified atom stereocenters. The lowest BCUT2D eigenvalue weighted by Gasteiger charge is -2.19. The summed E-state index contributed by atoms with van der Waals surface area (Å²) in [6.45, 7) is 3.68. The Balaban J connectivity index is 4.25. The molecule has 0 aromatic rings. The highest BCUT2D eigenvalue weighted by Crippen LogP contribution is 2.43. The fourth-order valence-corrected chi connectivity index (χ4v) is 5.69. The topological polar surface area (TPSA) is 134 Å². The Morgan fingerprint density at radius 2 is 1.09 bits per heavy atom. The number of rotatable bonds is 34. The molecule has 0 fully saturated rings. The van der Waals surface area contributed by atoms with E-state index < -0.39 is 26.5 Å². The van der Waals surface area contributed by atoms with Crippen LogP contribution in [0.1, 0.15) is 168 Å². The van der Waals surface area contributed by atoms with E-state index in [1.165, 1.54) is 77.0 Å². The molecule has 266 valence electrons. The minimum Gasteiger partial charge on any atom is -0.462 e. The van der Waals surface area contributed by atoms with E-state index in [0.717, 1.165) is 57.8 Å². The molecule has 0 amide bonds. The van der Waals surface area contributed by atoms with Crippen LogP contribution in [0.15, 0.2) is 12.2 Å². The number of allylic oxidation sites excluding steroid dienone is 2. The first-order valence-electron chi connectivity index (χ1n) is 18.2. The maximum absolute atomic E-state index is 12.5. The standard InChI is InChI=1S/C35H68NO8P/c1-3-5-7-9-11-13-15-17-19-21-23-25-27-34(37)41-31-33(32-43-45(39,40)42-30-29-36)44-35(38)28-26-24-22-20-18-16-14-12-10-8-6-4-2/h12,14,33H,3-11,13,15-32,36H2,1-2H3,(H,39,40)/b14-12+/t33-/m1/s1. The average Bonchev–Trinajstić information content (AvgIpc) is 3.02. The molecule has 0 heterocycles. The zero-order valence-corrected chi connectivity index (χ0v) is 29.8. The SMILES string of the molecule is CCCCC/C=C/CCCCCCCC(=O)O[C@H](COC(=O)CCCCCCCCCCCCCC)COP(=O)(O)OCCN. The molecule has 0 rings (SSSR count). The van der Waals surface area contributed by atoms with Crippen molar-refractivity contribution in [3.63, 3.8) is 0 Å². The van der Waals surface area contributed by atoms with Crippen LogP contribution < -0.4 is 5.73 Å².